The number of nitrogens with one attached hydrogen (secondary N) is 1. The van der Waals surface area contributed by atoms with Crippen LogP contribution in [0.4, 0.5) is 5.69 Å². The zero-order chi connectivity index (χ0) is 21.8. The molecule has 0 atom stereocenters. The second kappa shape index (κ2) is 9.04. The van der Waals surface area contributed by atoms with E-state index >= 15 is 0 Å². The molecule has 1 aliphatic heterocycles. The summed E-state index contributed by atoms with van der Waals surface area (Å²) in [5.41, 5.74) is 5.89. The average Bonchev–Trinajstić information content (AvgIpc) is 3.25. The van der Waals surface area contributed by atoms with Crippen molar-refractivity contribution in [3.8, 4) is 16.9 Å². The molecule has 1 N–H and O–H groups in total. The summed E-state index contributed by atoms with van der Waals surface area (Å²) in [7, 11) is 1.62. The molecule has 3 aromatic carbocycles. The lowest BCUT2D eigenvalue weighted by atomic mass is 10.0. The van der Waals surface area contributed by atoms with Gasteiger partial charge in [-0.05, 0) is 53.4 Å². The first-order chi connectivity index (χ1) is 15.1. The molecule has 5 nitrogen and oxygen atoms in total. The van der Waals surface area contributed by atoms with Crippen LogP contribution < -0.4 is 15.0 Å². The van der Waals surface area contributed by atoms with Crippen molar-refractivity contribution in [2.45, 2.75) is 26.3 Å². The maximum absolute atomic E-state index is 12.6. The molecule has 5 heteroatoms. The maximum atomic E-state index is 12.6. The highest BCUT2D eigenvalue weighted by atomic mass is 16.5. The van der Waals surface area contributed by atoms with Gasteiger partial charge in [0.05, 0.1) is 7.11 Å². The Kier molecular flexibility index (Phi) is 6.03. The number of fused-ring (bicyclic) bond motifs is 1. The Morgan fingerprint density at radius 2 is 1.74 bits per heavy atom. The molecular weight excluding hydrogens is 388 g/mol. The van der Waals surface area contributed by atoms with E-state index in [-0.39, 0.29) is 11.8 Å². The first-order valence-electron chi connectivity index (χ1n) is 10.5. The number of carbonyl (C=O) groups is 2. The van der Waals surface area contributed by atoms with Gasteiger partial charge in [-0.25, -0.2) is 0 Å². The van der Waals surface area contributed by atoms with Gasteiger partial charge < -0.3 is 15.0 Å². The topological polar surface area (TPSA) is 58.6 Å². The average molecular weight is 415 g/mol. The number of benzene rings is 3. The maximum Gasteiger partial charge on any atom is 0.251 e. The number of nitrogens with zero attached hydrogens (tertiary/aromatic N) is 1. The highest BCUT2D eigenvalue weighted by molar-refractivity contribution is 5.96. The van der Waals surface area contributed by atoms with E-state index in [1.807, 2.05) is 72.5 Å². The molecule has 1 heterocycles. The third kappa shape index (κ3) is 4.31. The number of hydrogen-bond donors (Lipinski definition) is 1. The molecule has 158 valence electrons. The van der Waals surface area contributed by atoms with Gasteiger partial charge in [0.2, 0.25) is 5.91 Å². The Hall–Kier alpha value is -3.60. The molecule has 0 aromatic heterocycles. The summed E-state index contributed by atoms with van der Waals surface area (Å²) < 4.78 is 5.33. The van der Waals surface area contributed by atoms with Gasteiger partial charge in [-0.15, -0.1) is 0 Å². The van der Waals surface area contributed by atoms with E-state index in [0.717, 1.165) is 41.1 Å². The van der Waals surface area contributed by atoms with Gasteiger partial charge in [-0.3, -0.25) is 9.59 Å². The first kappa shape index (κ1) is 20.7. The molecule has 4 rings (SSSR count). The Bertz CT molecular complexity index is 1110. The van der Waals surface area contributed by atoms with Gasteiger partial charge in [0.15, 0.2) is 0 Å². The second-order valence-corrected chi connectivity index (χ2v) is 7.56. The molecule has 1 aliphatic rings. The molecule has 0 spiro atoms. The number of carbonyl (C=O) groups excluding carboxylic acids is 2. The lowest BCUT2D eigenvalue weighted by Crippen LogP contribution is -2.27. The number of anilines is 1. The van der Waals surface area contributed by atoms with E-state index in [2.05, 4.69) is 11.4 Å². The first-order valence-corrected chi connectivity index (χ1v) is 10.5. The van der Waals surface area contributed by atoms with E-state index in [0.29, 0.717) is 18.5 Å². The van der Waals surface area contributed by atoms with E-state index in [9.17, 15) is 9.59 Å². The number of methoxy groups -OCH3 is 1. The minimum Gasteiger partial charge on any atom is -0.496 e. The van der Waals surface area contributed by atoms with Crippen LogP contribution in [0.1, 0.15) is 34.8 Å². The van der Waals surface area contributed by atoms with Crippen molar-refractivity contribution < 1.29 is 14.3 Å². The van der Waals surface area contributed by atoms with Crippen LogP contribution in [0.25, 0.3) is 11.1 Å². The summed E-state index contributed by atoms with van der Waals surface area (Å²) in [6.07, 6.45) is 1.39. The van der Waals surface area contributed by atoms with Gasteiger partial charge in [0, 0.05) is 36.3 Å². The normalized spacial score (nSPS) is 12.4. The predicted octanol–water partition coefficient (Wildman–Crippen LogP) is 4.59. The van der Waals surface area contributed by atoms with Crippen LogP contribution in [-0.2, 0) is 17.8 Å². The SMILES string of the molecule is CCC(=O)N1CCc2cc(-c3ccc(C(=O)NCc4ccccc4OC)cc3)ccc21. The van der Waals surface area contributed by atoms with Crippen LogP contribution in [0.3, 0.4) is 0 Å². The van der Waals surface area contributed by atoms with E-state index in [1.54, 1.807) is 7.11 Å². The molecule has 0 unspecified atom stereocenters. The lowest BCUT2D eigenvalue weighted by molar-refractivity contribution is -0.118. The largest absolute Gasteiger partial charge is 0.496 e. The van der Waals surface area contributed by atoms with Crippen LogP contribution in [-0.4, -0.2) is 25.5 Å². The second-order valence-electron chi connectivity index (χ2n) is 7.56. The van der Waals surface area contributed by atoms with Crippen LogP contribution in [0, 0.1) is 0 Å². The number of ether oxygens (including phenoxy) is 1. The molecule has 0 saturated carbocycles. The summed E-state index contributed by atoms with van der Waals surface area (Å²) in [6, 6.07) is 21.5. The summed E-state index contributed by atoms with van der Waals surface area (Å²) >= 11 is 0. The molecule has 0 saturated heterocycles. The number of para-hydroxylation sites is 1. The van der Waals surface area contributed by atoms with Crippen LogP contribution in [0.2, 0.25) is 0 Å². The minimum absolute atomic E-state index is 0.125. The smallest absolute Gasteiger partial charge is 0.251 e. The number of hydrogen-bond acceptors (Lipinski definition) is 3. The standard InChI is InChI=1S/C26H26N2O3/c1-3-25(29)28-15-14-21-16-20(12-13-23(21)28)18-8-10-19(11-9-18)26(30)27-17-22-6-4-5-7-24(22)31-2/h4-13,16H,3,14-15,17H2,1-2H3,(H,27,30). The van der Waals surface area contributed by atoms with Crippen molar-refractivity contribution in [1.29, 1.82) is 0 Å². The zero-order valence-corrected chi connectivity index (χ0v) is 17.9. The van der Waals surface area contributed by atoms with Crippen LogP contribution >= 0.6 is 0 Å². The molecule has 2 amide bonds. The Morgan fingerprint density at radius 3 is 2.48 bits per heavy atom. The van der Waals surface area contributed by atoms with Crippen molar-refractivity contribution in [2.24, 2.45) is 0 Å². The Morgan fingerprint density at radius 1 is 1.00 bits per heavy atom. The molecule has 31 heavy (non-hydrogen) atoms. The van der Waals surface area contributed by atoms with Gasteiger partial charge in [0.25, 0.3) is 5.91 Å². The summed E-state index contributed by atoms with van der Waals surface area (Å²) in [5.74, 6) is 0.795. The molecule has 0 aliphatic carbocycles. The third-order valence-corrected chi connectivity index (χ3v) is 5.69. The molecule has 0 bridgehead atoms. The van der Waals surface area contributed by atoms with Gasteiger partial charge >= 0.3 is 0 Å². The molecular formula is C26H26N2O3. The quantitative estimate of drug-likeness (QED) is 0.642. The lowest BCUT2D eigenvalue weighted by Gasteiger charge is -2.16. The zero-order valence-electron chi connectivity index (χ0n) is 17.9. The monoisotopic (exact) mass is 414 g/mol. The van der Waals surface area contributed by atoms with E-state index in [4.69, 9.17) is 4.74 Å². The van der Waals surface area contributed by atoms with E-state index in [1.165, 1.54) is 5.56 Å². The van der Waals surface area contributed by atoms with Crippen molar-refractivity contribution in [3.05, 3.63) is 83.4 Å². The number of amides is 2. The fraction of sp³-hybridized carbons (Fsp3) is 0.231. The van der Waals surface area contributed by atoms with Gasteiger partial charge in [0.1, 0.15) is 5.75 Å². The third-order valence-electron chi connectivity index (χ3n) is 5.69. The van der Waals surface area contributed by atoms with Crippen molar-refractivity contribution in [3.63, 3.8) is 0 Å². The number of rotatable bonds is 6. The molecule has 0 fully saturated rings. The van der Waals surface area contributed by atoms with Crippen LogP contribution in [0.5, 0.6) is 5.75 Å². The molecule has 3 aromatic rings. The predicted molar refractivity (Wildman–Crippen MR) is 122 cm³/mol. The molecule has 0 radical (unpaired) electrons. The van der Waals surface area contributed by atoms with E-state index < -0.39 is 0 Å². The summed E-state index contributed by atoms with van der Waals surface area (Å²) in [6.45, 7) is 3.04. The Labute approximate surface area is 182 Å². The van der Waals surface area contributed by atoms with Gasteiger partial charge in [-0.1, -0.05) is 43.3 Å². The highest BCUT2D eigenvalue weighted by Crippen LogP contribution is 2.32. The fourth-order valence-corrected chi connectivity index (χ4v) is 3.97. The highest BCUT2D eigenvalue weighted by Gasteiger charge is 2.23. The van der Waals surface area contributed by atoms with Crippen LogP contribution in [0.15, 0.2) is 66.7 Å². The minimum atomic E-state index is -0.125. The Balaban J connectivity index is 1.45. The summed E-state index contributed by atoms with van der Waals surface area (Å²) in [5, 5.41) is 2.95. The van der Waals surface area contributed by atoms with Crippen molar-refractivity contribution in [1.82, 2.24) is 5.32 Å². The fourth-order valence-electron chi connectivity index (χ4n) is 3.97. The van der Waals surface area contributed by atoms with Gasteiger partial charge in [-0.2, -0.15) is 0 Å². The van der Waals surface area contributed by atoms with Crippen molar-refractivity contribution >= 4 is 17.5 Å². The van der Waals surface area contributed by atoms with Crippen molar-refractivity contribution in [2.75, 3.05) is 18.6 Å². The summed E-state index contributed by atoms with van der Waals surface area (Å²) in [4.78, 5) is 26.5.